The van der Waals surface area contributed by atoms with Crippen LogP contribution in [0.4, 0.5) is 0 Å². The summed E-state index contributed by atoms with van der Waals surface area (Å²) in [5.74, 6) is -0.220. The van der Waals surface area contributed by atoms with Crippen molar-refractivity contribution in [3.63, 3.8) is 0 Å². The molecule has 1 aromatic heterocycles. The molecule has 0 unspecified atom stereocenters. The van der Waals surface area contributed by atoms with Crippen molar-refractivity contribution in [2.45, 2.75) is 20.3 Å². The Labute approximate surface area is 118 Å². The first-order chi connectivity index (χ1) is 9.55. The van der Waals surface area contributed by atoms with Gasteiger partial charge in [-0.15, -0.1) is 0 Å². The quantitative estimate of drug-likeness (QED) is 0.926. The summed E-state index contributed by atoms with van der Waals surface area (Å²) in [7, 11) is 1.62. The monoisotopic (exact) mass is 271 g/mol. The molecule has 0 aliphatic rings. The Bertz CT molecular complexity index is 650. The van der Waals surface area contributed by atoms with E-state index in [-0.39, 0.29) is 5.69 Å². The molecule has 104 valence electrons. The lowest BCUT2D eigenvalue weighted by atomic mass is 9.99. The van der Waals surface area contributed by atoms with Crippen LogP contribution in [0.15, 0.2) is 30.3 Å². The van der Waals surface area contributed by atoms with Crippen LogP contribution in [0.1, 0.15) is 28.7 Å². The molecule has 1 heterocycles. The molecule has 1 N–H and O–H groups in total. The van der Waals surface area contributed by atoms with E-state index in [4.69, 9.17) is 9.84 Å². The van der Waals surface area contributed by atoms with Gasteiger partial charge in [-0.2, -0.15) is 0 Å². The fraction of sp³-hybridized carbons (Fsp3) is 0.250. The van der Waals surface area contributed by atoms with Gasteiger partial charge in [-0.1, -0.05) is 13.0 Å². The number of ether oxygens (including phenoxy) is 1. The van der Waals surface area contributed by atoms with Gasteiger partial charge in [-0.25, -0.2) is 9.78 Å². The third kappa shape index (κ3) is 2.79. The number of aryl methyl sites for hydroxylation is 2. The summed E-state index contributed by atoms with van der Waals surface area (Å²) in [6.45, 7) is 3.93. The summed E-state index contributed by atoms with van der Waals surface area (Å²) in [5.41, 5.74) is 3.75. The van der Waals surface area contributed by atoms with Crippen molar-refractivity contribution in [1.82, 2.24) is 4.98 Å². The van der Waals surface area contributed by atoms with Crippen LogP contribution in [0.25, 0.3) is 11.1 Å². The van der Waals surface area contributed by atoms with E-state index in [1.54, 1.807) is 13.2 Å². The Kier molecular flexibility index (Phi) is 4.03. The Morgan fingerprint density at radius 1 is 1.30 bits per heavy atom. The summed E-state index contributed by atoms with van der Waals surface area (Å²) in [5, 5.41) is 9.15. The number of pyridine rings is 1. The standard InChI is InChI=1S/C16H17NO3/c1-4-12-8-11(9-15(17-12)16(18)19)14-6-5-13(20-3)7-10(14)2/h5-9H,4H2,1-3H3,(H,18,19). The lowest BCUT2D eigenvalue weighted by Crippen LogP contribution is -2.03. The fourth-order valence-corrected chi connectivity index (χ4v) is 2.12. The number of carboxylic acids is 1. The van der Waals surface area contributed by atoms with E-state index >= 15 is 0 Å². The third-order valence-electron chi connectivity index (χ3n) is 3.20. The van der Waals surface area contributed by atoms with Crippen LogP contribution in [0.2, 0.25) is 0 Å². The van der Waals surface area contributed by atoms with Gasteiger partial charge in [0.2, 0.25) is 0 Å². The van der Waals surface area contributed by atoms with Crippen LogP contribution in [-0.2, 0) is 6.42 Å². The minimum Gasteiger partial charge on any atom is -0.497 e. The minimum atomic E-state index is -1.01. The first-order valence-electron chi connectivity index (χ1n) is 6.44. The van der Waals surface area contributed by atoms with Crippen molar-refractivity contribution in [1.29, 1.82) is 0 Å². The van der Waals surface area contributed by atoms with Crippen LogP contribution in [-0.4, -0.2) is 23.2 Å². The topological polar surface area (TPSA) is 59.4 Å². The molecule has 1 aromatic carbocycles. The van der Waals surface area contributed by atoms with Gasteiger partial charge in [0.25, 0.3) is 0 Å². The second kappa shape index (κ2) is 5.74. The second-order valence-electron chi connectivity index (χ2n) is 4.57. The zero-order valence-electron chi connectivity index (χ0n) is 11.8. The number of nitrogens with zero attached hydrogens (tertiary/aromatic N) is 1. The van der Waals surface area contributed by atoms with Crippen LogP contribution in [0.5, 0.6) is 5.75 Å². The van der Waals surface area contributed by atoms with E-state index in [1.165, 1.54) is 0 Å². The number of hydrogen-bond donors (Lipinski definition) is 1. The van der Waals surface area contributed by atoms with E-state index < -0.39 is 5.97 Å². The van der Waals surface area contributed by atoms with Crippen molar-refractivity contribution in [2.75, 3.05) is 7.11 Å². The predicted octanol–water partition coefficient (Wildman–Crippen LogP) is 3.33. The molecule has 0 bridgehead atoms. The first-order valence-corrected chi connectivity index (χ1v) is 6.44. The van der Waals surface area contributed by atoms with Crippen molar-refractivity contribution >= 4 is 5.97 Å². The summed E-state index contributed by atoms with van der Waals surface area (Å²) >= 11 is 0. The highest BCUT2D eigenvalue weighted by molar-refractivity contribution is 5.87. The molecule has 20 heavy (non-hydrogen) atoms. The Hall–Kier alpha value is -2.36. The maximum Gasteiger partial charge on any atom is 0.354 e. The van der Waals surface area contributed by atoms with Gasteiger partial charge in [-0.05, 0) is 54.3 Å². The molecule has 2 aromatic rings. The molecule has 0 saturated heterocycles. The molecule has 4 heteroatoms. The van der Waals surface area contributed by atoms with Gasteiger partial charge in [0.1, 0.15) is 11.4 Å². The van der Waals surface area contributed by atoms with Gasteiger partial charge >= 0.3 is 5.97 Å². The van der Waals surface area contributed by atoms with Crippen LogP contribution in [0, 0.1) is 6.92 Å². The molecule has 2 rings (SSSR count). The average Bonchev–Trinajstić information content (AvgIpc) is 2.46. The van der Waals surface area contributed by atoms with Crippen molar-refractivity contribution in [3.05, 3.63) is 47.3 Å². The van der Waals surface area contributed by atoms with Crippen molar-refractivity contribution in [2.24, 2.45) is 0 Å². The van der Waals surface area contributed by atoms with Gasteiger partial charge in [0.05, 0.1) is 7.11 Å². The number of hydrogen-bond acceptors (Lipinski definition) is 3. The molecular formula is C16H17NO3. The third-order valence-corrected chi connectivity index (χ3v) is 3.20. The molecule has 0 spiro atoms. The van der Waals surface area contributed by atoms with Crippen LogP contribution < -0.4 is 4.74 Å². The largest absolute Gasteiger partial charge is 0.497 e. The summed E-state index contributed by atoms with van der Waals surface area (Å²) < 4.78 is 5.19. The van der Waals surface area contributed by atoms with Gasteiger partial charge < -0.3 is 9.84 Å². The van der Waals surface area contributed by atoms with E-state index in [9.17, 15) is 4.79 Å². The second-order valence-corrected chi connectivity index (χ2v) is 4.57. The number of aromatic nitrogens is 1. The maximum atomic E-state index is 11.2. The first kappa shape index (κ1) is 14.1. The lowest BCUT2D eigenvalue weighted by Gasteiger charge is -2.10. The molecule has 0 amide bonds. The molecular weight excluding hydrogens is 254 g/mol. The molecule has 0 aliphatic heterocycles. The highest BCUT2D eigenvalue weighted by Gasteiger charge is 2.11. The minimum absolute atomic E-state index is 0.0783. The molecule has 4 nitrogen and oxygen atoms in total. The molecule has 0 atom stereocenters. The van der Waals surface area contributed by atoms with E-state index in [0.29, 0.717) is 6.42 Å². The number of aromatic carboxylic acids is 1. The summed E-state index contributed by atoms with van der Waals surface area (Å²) in [6, 6.07) is 9.28. The summed E-state index contributed by atoms with van der Waals surface area (Å²) in [4.78, 5) is 15.3. The zero-order valence-corrected chi connectivity index (χ0v) is 11.8. The molecule has 0 saturated carbocycles. The van der Waals surface area contributed by atoms with Crippen molar-refractivity contribution < 1.29 is 14.6 Å². The molecule has 0 aliphatic carbocycles. The Morgan fingerprint density at radius 2 is 2.05 bits per heavy atom. The lowest BCUT2D eigenvalue weighted by molar-refractivity contribution is 0.0690. The van der Waals surface area contributed by atoms with Gasteiger partial charge in [0.15, 0.2) is 0 Å². The number of methoxy groups -OCH3 is 1. The normalized spacial score (nSPS) is 10.3. The zero-order chi connectivity index (χ0) is 14.7. The fourth-order valence-electron chi connectivity index (χ4n) is 2.12. The predicted molar refractivity (Wildman–Crippen MR) is 77.3 cm³/mol. The molecule has 0 radical (unpaired) electrons. The maximum absolute atomic E-state index is 11.2. The highest BCUT2D eigenvalue weighted by atomic mass is 16.5. The number of carbonyl (C=O) groups is 1. The number of carboxylic acid groups (broad SMARTS) is 1. The summed E-state index contributed by atoms with van der Waals surface area (Å²) in [6.07, 6.45) is 0.698. The van der Waals surface area contributed by atoms with Crippen molar-refractivity contribution in [3.8, 4) is 16.9 Å². The smallest absolute Gasteiger partial charge is 0.354 e. The van der Waals surface area contributed by atoms with Crippen LogP contribution in [0.3, 0.4) is 0 Å². The van der Waals surface area contributed by atoms with E-state index in [2.05, 4.69) is 4.98 Å². The number of rotatable bonds is 4. The SMILES string of the molecule is CCc1cc(-c2ccc(OC)cc2C)cc(C(=O)O)n1. The van der Waals surface area contributed by atoms with Gasteiger partial charge in [0, 0.05) is 5.69 Å². The molecule has 0 fully saturated rings. The van der Waals surface area contributed by atoms with Gasteiger partial charge in [-0.3, -0.25) is 0 Å². The average molecular weight is 271 g/mol. The van der Waals surface area contributed by atoms with E-state index in [1.807, 2.05) is 38.1 Å². The van der Waals surface area contributed by atoms with E-state index in [0.717, 1.165) is 28.1 Å². The Balaban J connectivity index is 2.56. The highest BCUT2D eigenvalue weighted by Crippen LogP contribution is 2.28. The number of benzene rings is 1. The Morgan fingerprint density at radius 3 is 2.60 bits per heavy atom. The van der Waals surface area contributed by atoms with Crippen LogP contribution >= 0.6 is 0 Å².